The molecular formula is C13H18N6O2. The smallest absolute Gasteiger partial charge is 0.227 e. The zero-order valence-corrected chi connectivity index (χ0v) is 12.4. The molecule has 8 nitrogen and oxygen atoms in total. The summed E-state index contributed by atoms with van der Waals surface area (Å²) < 4.78 is 0. The van der Waals surface area contributed by atoms with Crippen molar-refractivity contribution in [1.29, 1.82) is 0 Å². The predicted molar refractivity (Wildman–Crippen MR) is 76.5 cm³/mol. The first kappa shape index (κ1) is 16.3. The lowest BCUT2D eigenvalue weighted by atomic mass is 9.91. The van der Waals surface area contributed by atoms with Crippen LogP contribution >= 0.6 is 0 Å². The normalized spacial score (nSPS) is 13.0. The molecule has 2 aromatic rings. The van der Waals surface area contributed by atoms with Crippen molar-refractivity contribution in [2.24, 2.45) is 0 Å². The highest BCUT2D eigenvalue weighted by molar-refractivity contribution is 6.17. The van der Waals surface area contributed by atoms with E-state index in [1.807, 2.05) is 20.8 Å². The zero-order valence-electron chi connectivity index (χ0n) is 12.4. The second kappa shape index (κ2) is 7.13. The molecule has 0 bridgehead atoms. The number of nitrogens with one attached hydrogen (secondary N) is 2. The Hall–Kier alpha value is -2.77. The number of aliphatic hydroxyl groups is 1. The Morgan fingerprint density at radius 3 is 1.95 bits per heavy atom. The summed E-state index contributed by atoms with van der Waals surface area (Å²) in [5.74, 6) is 2.09. The van der Waals surface area contributed by atoms with Crippen LogP contribution in [0.25, 0.3) is 0 Å². The van der Waals surface area contributed by atoms with Crippen molar-refractivity contribution >= 4 is 5.78 Å². The molecule has 0 aliphatic heterocycles. The van der Waals surface area contributed by atoms with Crippen molar-refractivity contribution in [3.05, 3.63) is 47.3 Å². The fraction of sp³-hybridized carbons (Fsp3) is 0.308. The van der Waals surface area contributed by atoms with Gasteiger partial charge in [0, 0.05) is 11.1 Å². The van der Waals surface area contributed by atoms with E-state index >= 15 is 0 Å². The second-order valence-electron chi connectivity index (χ2n) is 4.32. The maximum absolute atomic E-state index is 10.4. The van der Waals surface area contributed by atoms with E-state index in [0.717, 1.165) is 17.5 Å². The number of aromatic nitrogens is 6. The van der Waals surface area contributed by atoms with Gasteiger partial charge in [-0.2, -0.15) is 10.2 Å². The van der Waals surface area contributed by atoms with Gasteiger partial charge in [-0.1, -0.05) is 6.58 Å². The van der Waals surface area contributed by atoms with Crippen LogP contribution in [0.4, 0.5) is 0 Å². The number of H-pyrrole nitrogens is 2. The van der Waals surface area contributed by atoms with E-state index in [4.69, 9.17) is 5.11 Å². The predicted octanol–water partition coefficient (Wildman–Crippen LogP) is 1.49. The van der Waals surface area contributed by atoms with Crippen LogP contribution in [0.2, 0.25) is 0 Å². The number of aliphatic hydroxyl groups excluding tert-OH is 1. The summed E-state index contributed by atoms with van der Waals surface area (Å²) in [5, 5.41) is 21.3. The first-order valence-corrected chi connectivity index (χ1v) is 6.14. The number of allylic oxidation sites excluding steroid dienone is 2. The number of aromatic amines is 2. The number of hydrogen-bond acceptors (Lipinski definition) is 6. The third-order valence-electron chi connectivity index (χ3n) is 2.54. The lowest BCUT2D eigenvalue weighted by molar-refractivity contribution is -0.115. The van der Waals surface area contributed by atoms with Crippen molar-refractivity contribution < 1.29 is 9.90 Å². The van der Waals surface area contributed by atoms with Gasteiger partial charge in [0.05, 0.1) is 0 Å². The Morgan fingerprint density at radius 1 is 1.14 bits per heavy atom. The number of rotatable bonds is 0. The number of carbonyl (C=O) groups is 1. The Bertz CT molecular complexity index is 616. The third-order valence-corrected chi connectivity index (χ3v) is 2.54. The SMILES string of the molecule is C=C1C(=O)C(O)=C1C.Cc1n[nH]c(C)n1.Cc1ncn[nH]1. The van der Waals surface area contributed by atoms with E-state index in [1.165, 1.54) is 6.33 Å². The summed E-state index contributed by atoms with van der Waals surface area (Å²) in [4.78, 5) is 18.1. The molecule has 0 radical (unpaired) electrons. The van der Waals surface area contributed by atoms with Gasteiger partial charge in [0.2, 0.25) is 5.78 Å². The monoisotopic (exact) mass is 290 g/mol. The topological polar surface area (TPSA) is 120 Å². The zero-order chi connectivity index (χ0) is 16.0. The van der Waals surface area contributed by atoms with Crippen LogP contribution in [-0.2, 0) is 4.79 Å². The summed E-state index contributed by atoms with van der Waals surface area (Å²) in [5.41, 5.74) is 1.05. The van der Waals surface area contributed by atoms with Crippen molar-refractivity contribution in [1.82, 2.24) is 30.4 Å². The van der Waals surface area contributed by atoms with Gasteiger partial charge in [-0.15, -0.1) is 0 Å². The summed E-state index contributed by atoms with van der Waals surface area (Å²) in [6.45, 7) is 10.7. The molecule has 2 aromatic heterocycles. The number of carbonyl (C=O) groups excluding carboxylic acids is 1. The van der Waals surface area contributed by atoms with Crippen molar-refractivity contribution in [2.45, 2.75) is 27.7 Å². The molecule has 8 heteroatoms. The molecule has 3 rings (SSSR count). The molecule has 2 heterocycles. The van der Waals surface area contributed by atoms with E-state index in [1.54, 1.807) is 6.92 Å². The van der Waals surface area contributed by atoms with Gasteiger partial charge in [0.15, 0.2) is 5.76 Å². The number of ketones is 1. The summed E-state index contributed by atoms with van der Waals surface area (Å²) in [6.07, 6.45) is 1.48. The van der Waals surface area contributed by atoms with Gasteiger partial charge >= 0.3 is 0 Å². The van der Waals surface area contributed by atoms with Crippen LogP contribution in [0.3, 0.4) is 0 Å². The van der Waals surface area contributed by atoms with E-state index < -0.39 is 0 Å². The maximum Gasteiger partial charge on any atom is 0.227 e. The second-order valence-corrected chi connectivity index (χ2v) is 4.32. The van der Waals surface area contributed by atoms with Crippen LogP contribution in [0, 0.1) is 20.8 Å². The highest BCUT2D eigenvalue weighted by Crippen LogP contribution is 2.25. The molecule has 21 heavy (non-hydrogen) atoms. The average Bonchev–Trinajstić information content (AvgIpc) is 3.09. The molecule has 0 saturated heterocycles. The molecule has 3 N–H and O–H groups in total. The number of Topliss-reactive ketones (excluding diaryl/α,β-unsaturated/α-hetero) is 1. The minimum absolute atomic E-state index is 0.130. The number of hydrogen-bond donors (Lipinski definition) is 3. The standard InChI is InChI=1S/C6H6O2.C4H7N3.C3H5N3/c1-3-4(2)6(8)5(3)7;1-3-5-4(2)7-6-3;1-3-4-2-5-6-3/h8H,1H2,2H3;1-2H3,(H,5,6,7);2H,1H3,(H,4,5,6). The first-order valence-electron chi connectivity index (χ1n) is 6.14. The van der Waals surface area contributed by atoms with Gasteiger partial charge in [0.1, 0.15) is 23.8 Å². The summed E-state index contributed by atoms with van der Waals surface area (Å²) in [6, 6.07) is 0. The Kier molecular flexibility index (Phi) is 5.53. The molecule has 0 saturated carbocycles. The van der Waals surface area contributed by atoms with Gasteiger partial charge in [-0.3, -0.25) is 15.0 Å². The van der Waals surface area contributed by atoms with Crippen LogP contribution in [0.5, 0.6) is 0 Å². The fourth-order valence-electron chi connectivity index (χ4n) is 1.29. The number of aryl methyl sites for hydroxylation is 3. The molecule has 0 spiro atoms. The fourth-order valence-corrected chi connectivity index (χ4v) is 1.29. The Morgan fingerprint density at radius 2 is 1.81 bits per heavy atom. The van der Waals surface area contributed by atoms with Crippen molar-refractivity contribution in [3.63, 3.8) is 0 Å². The van der Waals surface area contributed by atoms with Crippen LogP contribution in [-0.4, -0.2) is 41.3 Å². The molecule has 1 aliphatic carbocycles. The molecule has 0 fully saturated rings. The molecule has 112 valence electrons. The van der Waals surface area contributed by atoms with Gasteiger partial charge in [0.25, 0.3) is 0 Å². The largest absolute Gasteiger partial charge is 0.504 e. The van der Waals surface area contributed by atoms with Crippen molar-refractivity contribution in [3.8, 4) is 0 Å². The van der Waals surface area contributed by atoms with Gasteiger partial charge in [-0.05, 0) is 27.7 Å². The Labute approximate surface area is 122 Å². The van der Waals surface area contributed by atoms with Crippen LogP contribution < -0.4 is 0 Å². The quantitative estimate of drug-likeness (QED) is 0.632. The highest BCUT2D eigenvalue weighted by atomic mass is 16.3. The van der Waals surface area contributed by atoms with E-state index in [0.29, 0.717) is 11.1 Å². The van der Waals surface area contributed by atoms with Crippen LogP contribution in [0.1, 0.15) is 24.4 Å². The summed E-state index contributed by atoms with van der Waals surface area (Å²) in [7, 11) is 0. The lowest BCUT2D eigenvalue weighted by Gasteiger charge is -2.15. The van der Waals surface area contributed by atoms with E-state index in [2.05, 4.69) is 36.9 Å². The summed E-state index contributed by atoms with van der Waals surface area (Å²) >= 11 is 0. The minimum atomic E-state index is -0.317. The Balaban J connectivity index is 0.000000159. The molecule has 0 amide bonds. The maximum atomic E-state index is 10.4. The van der Waals surface area contributed by atoms with Crippen molar-refractivity contribution in [2.75, 3.05) is 0 Å². The minimum Gasteiger partial charge on any atom is -0.504 e. The molecule has 0 unspecified atom stereocenters. The molecule has 1 aliphatic rings. The molecule has 0 aromatic carbocycles. The van der Waals surface area contributed by atoms with Crippen LogP contribution in [0.15, 0.2) is 29.8 Å². The van der Waals surface area contributed by atoms with E-state index in [-0.39, 0.29) is 11.5 Å². The highest BCUT2D eigenvalue weighted by Gasteiger charge is 2.27. The van der Waals surface area contributed by atoms with E-state index in [9.17, 15) is 4.79 Å². The first-order chi connectivity index (χ1) is 9.82. The number of nitrogens with zero attached hydrogens (tertiary/aromatic N) is 4. The van der Waals surface area contributed by atoms with Gasteiger partial charge < -0.3 is 5.11 Å². The molecule has 0 atom stereocenters. The average molecular weight is 290 g/mol. The lowest BCUT2D eigenvalue weighted by Crippen LogP contribution is -2.18. The third kappa shape index (κ3) is 4.68. The molecular weight excluding hydrogens is 272 g/mol. The van der Waals surface area contributed by atoms with Gasteiger partial charge in [-0.25, -0.2) is 9.97 Å².